The van der Waals surface area contributed by atoms with Crippen LogP contribution in [0.15, 0.2) is 34.9 Å². The number of hydrogen-bond acceptors (Lipinski definition) is 29. The summed E-state index contributed by atoms with van der Waals surface area (Å²) >= 11 is 0. The average molecular weight is 1210 g/mol. The second-order valence-electron chi connectivity index (χ2n) is 17.9. The number of aliphatic hydroxyl groups is 3. The van der Waals surface area contributed by atoms with E-state index in [0.717, 1.165) is 24.3 Å². The third-order valence-electron chi connectivity index (χ3n) is 12.6. The lowest BCUT2D eigenvalue weighted by molar-refractivity contribution is -0.646. The van der Waals surface area contributed by atoms with E-state index in [1.807, 2.05) is 0 Å². The van der Waals surface area contributed by atoms with Gasteiger partial charge in [0, 0.05) is 33.5 Å². The van der Waals surface area contributed by atoms with Gasteiger partial charge in [-0.25, -0.2) is 42.5 Å². The summed E-state index contributed by atoms with van der Waals surface area (Å²) in [5, 5.41) is 33.4. The van der Waals surface area contributed by atoms with Gasteiger partial charge in [-0.05, 0) is 0 Å². The molecule has 14 N–H and O–H groups in total. The molecule has 0 bridgehead atoms. The molecule has 3 aliphatic heterocycles. The summed E-state index contributed by atoms with van der Waals surface area (Å²) in [6, 6.07) is 0. The number of aliphatic hydroxyl groups excluding tert-OH is 3. The van der Waals surface area contributed by atoms with Crippen LogP contribution in [0.1, 0.15) is 25.1 Å². The number of methoxy groups -OCH3 is 1. The molecule has 6 aromatic rings. The number of aromatic amines is 2. The Morgan fingerprint density at radius 1 is 0.725 bits per heavy atom. The van der Waals surface area contributed by atoms with E-state index in [4.69, 9.17) is 58.6 Å². The molecule has 0 spiro atoms. The number of fused-ring (bicyclic) bond motifs is 3. The number of anilines is 3. The third-order valence-corrected chi connectivity index (χ3v) is 17.4. The lowest BCUT2D eigenvalue weighted by Crippen LogP contribution is -2.38. The smallest absolute Gasteiger partial charge is 0.387 e. The highest BCUT2D eigenvalue weighted by Crippen LogP contribution is 2.68. The Kier molecular flexibility index (Phi) is 16.5. The minimum atomic E-state index is -5.93. The number of nitrogen functional groups attached to an aromatic ring is 3. The first-order valence-corrected chi connectivity index (χ1v) is 28.4. The summed E-state index contributed by atoms with van der Waals surface area (Å²) in [5.74, 6) is -2.22. The fourth-order valence-electron chi connectivity index (χ4n) is 8.93. The van der Waals surface area contributed by atoms with Crippen molar-refractivity contribution in [2.75, 3.05) is 58.2 Å². The monoisotopic (exact) mass is 1210 g/mol. The van der Waals surface area contributed by atoms with Crippen molar-refractivity contribution in [3.63, 3.8) is 0 Å². The summed E-state index contributed by atoms with van der Waals surface area (Å²) in [5.41, 5.74) is 15.9. The minimum Gasteiger partial charge on any atom is -0.387 e. The van der Waals surface area contributed by atoms with Gasteiger partial charge in [0.05, 0.1) is 53.2 Å². The van der Waals surface area contributed by atoms with E-state index in [0.29, 0.717) is 0 Å². The number of H-pyrrole nitrogens is 2. The van der Waals surface area contributed by atoms with Gasteiger partial charge in [-0.1, -0.05) is 0 Å². The van der Waals surface area contributed by atoms with Crippen molar-refractivity contribution in [3.8, 4) is 0 Å². The van der Waals surface area contributed by atoms with E-state index < -0.39 is 149 Å². The van der Waals surface area contributed by atoms with Gasteiger partial charge in [-0.15, -0.1) is 0 Å². The standard InChI is InChI=1S/C36H53BN16O23P4/c1-49(2)17(54)5-13-14(71-32(21(13)55)53-12-50(3)20-29(53)46-36(40)48-31(20)59)6-68-77(37,60)75-80(65,66)76-79(63,64)70-8-16-24(25(67-4)34(73-16)51-10-43-18-26(38)41-9-42-27(18)51)74-78(61,62)69-7-15-22(56)23(57)33(72-15)52-11-44-19-28(52)45-35(39)47-30(19)58/h9-16,21-25,32-34,55-57H,5-8H2,1-4,37H3,(H,61,62)(H,63,64)(H,65,66)(H2,38,41,42)(H3,39,45,47,58)(H3,40,46,48,59)/t13-,14-,15-,16-,21-,22-,23-,24-,25-,32-,33-,34-,77?/m1/s1. The maximum atomic E-state index is 13.8. The molecular formula is C36H53BN16O23P4. The lowest BCUT2D eigenvalue weighted by Gasteiger charge is -2.27. The van der Waals surface area contributed by atoms with Crippen LogP contribution in [0.3, 0.4) is 0 Å². The van der Waals surface area contributed by atoms with Crippen molar-refractivity contribution in [2.45, 2.75) is 73.9 Å². The van der Waals surface area contributed by atoms with E-state index >= 15 is 0 Å². The summed E-state index contributed by atoms with van der Waals surface area (Å²) in [6.45, 7) is -2.91. The summed E-state index contributed by atoms with van der Waals surface area (Å²) < 4.78 is 113. The van der Waals surface area contributed by atoms with Gasteiger partial charge in [0.15, 0.2) is 42.6 Å². The SMILES string of the molecule is [BH3-]P(=O)(OC[C@H]1O[C@@H](n2c[n+](C)c3c(=O)[nH]c(N)nc32)[C@H](O)[C@@H]1CC(=O)N(C)C)OP(=O)(O)OP(=O)(O)OC[C@H]1O[C@@H](n2cnc3c(N)ncnc32)[C@H](OC)[C@@H]1OP(=O)(O)OC[C@H]1O[C@@H](n2cnc3c(=O)[nH]c(N)nc32)[C@H](O)[C@@H]1O. The van der Waals surface area contributed by atoms with Crippen molar-refractivity contribution < 1.29 is 103 Å². The second kappa shape index (κ2) is 22.3. The van der Waals surface area contributed by atoms with Gasteiger partial charge >= 0.3 is 29.0 Å². The van der Waals surface area contributed by atoms with Crippen LogP contribution in [0, 0.1) is 5.92 Å². The Bertz CT molecular complexity index is 3660. The number of nitrogens with two attached hydrogens (primary N) is 3. The molecule has 3 saturated heterocycles. The zero-order chi connectivity index (χ0) is 58.1. The first kappa shape index (κ1) is 59.1. The zero-order valence-electron chi connectivity index (χ0n) is 41.1. The number of aromatic nitrogens is 12. The molecule has 80 heavy (non-hydrogen) atoms. The van der Waals surface area contributed by atoms with Crippen LogP contribution in [0.4, 0.5) is 17.7 Å². The van der Waals surface area contributed by atoms with Gasteiger partial charge in [0.2, 0.25) is 30.4 Å². The van der Waals surface area contributed by atoms with Crippen molar-refractivity contribution in [2.24, 2.45) is 13.0 Å². The van der Waals surface area contributed by atoms with Crippen molar-refractivity contribution >= 4 is 95.6 Å². The number of carbonyl (C=O) groups is 1. The molecule has 1 amide bonds. The number of rotatable bonds is 21. The molecule has 0 radical (unpaired) electrons. The van der Waals surface area contributed by atoms with Crippen LogP contribution in [-0.4, -0.2) is 192 Å². The summed E-state index contributed by atoms with van der Waals surface area (Å²) in [6.07, 6.45) is -13.0. The summed E-state index contributed by atoms with van der Waals surface area (Å²) in [7, 11) is -18.1. The number of nitrogens with zero attached hydrogens (tertiary/aromatic N) is 11. The predicted molar refractivity (Wildman–Crippen MR) is 268 cm³/mol. The number of amides is 1. The summed E-state index contributed by atoms with van der Waals surface area (Å²) in [4.78, 5) is 101. The second-order valence-corrected chi connectivity index (χ2v) is 23.4. The molecule has 9 rings (SSSR count). The number of phosphoric ester groups is 2. The van der Waals surface area contributed by atoms with Crippen LogP contribution in [0.2, 0.25) is 0 Å². The first-order valence-electron chi connectivity index (χ1n) is 22.8. The van der Waals surface area contributed by atoms with E-state index in [-0.39, 0.29) is 57.6 Å². The molecule has 0 aromatic carbocycles. The molecule has 4 unspecified atom stereocenters. The molecule has 3 fully saturated rings. The number of phosphoric acid groups is 3. The van der Waals surface area contributed by atoms with Crippen LogP contribution in [0.5, 0.6) is 0 Å². The van der Waals surface area contributed by atoms with Crippen LogP contribution < -0.4 is 32.9 Å². The predicted octanol–water partition coefficient (Wildman–Crippen LogP) is -4.60. The number of carbonyl (C=O) groups excluding carboxylic acids is 1. The van der Waals surface area contributed by atoms with Gasteiger partial charge in [0.25, 0.3) is 16.7 Å². The number of imidazole rings is 3. The minimum absolute atomic E-state index is 0.0123. The maximum absolute atomic E-state index is 13.8. The Hall–Kier alpha value is -5.54. The Balaban J connectivity index is 0.879. The Morgan fingerprint density at radius 2 is 1.31 bits per heavy atom. The topological polar surface area (TPSA) is 542 Å². The van der Waals surface area contributed by atoms with Crippen LogP contribution in [0.25, 0.3) is 33.5 Å². The Labute approximate surface area is 447 Å². The molecule has 9 heterocycles. The molecular weight excluding hydrogens is 1160 g/mol. The molecule has 6 aromatic heterocycles. The molecule has 16 atom stereocenters. The number of aryl methyl sites for hydroxylation is 1. The largest absolute Gasteiger partial charge is 0.485 e. The first-order chi connectivity index (χ1) is 37.5. The lowest BCUT2D eigenvalue weighted by atomic mass is 9.94. The van der Waals surface area contributed by atoms with Crippen LogP contribution in [-0.2, 0) is 75.8 Å². The molecule has 39 nitrogen and oxygen atoms in total. The quantitative estimate of drug-likeness (QED) is 0.0183. The number of ether oxygens (including phenoxy) is 4. The maximum Gasteiger partial charge on any atom is 0.485 e. The van der Waals surface area contributed by atoms with E-state index in [2.05, 4.69) is 44.2 Å². The fourth-order valence-corrected chi connectivity index (χ4v) is 13.0. The normalized spacial score (nSPS) is 29.2. The van der Waals surface area contributed by atoms with Gasteiger partial charge in [-0.3, -0.25) is 47.1 Å². The number of hydrogen-bond donors (Lipinski definition) is 11. The van der Waals surface area contributed by atoms with Gasteiger partial charge in [-0.2, -0.15) is 18.8 Å². The zero-order valence-corrected chi connectivity index (χ0v) is 44.7. The number of nitrogens with one attached hydrogen (secondary N) is 2. The van der Waals surface area contributed by atoms with Crippen molar-refractivity contribution in [1.29, 1.82) is 0 Å². The van der Waals surface area contributed by atoms with Gasteiger partial charge in [0.1, 0.15) is 54.6 Å². The molecule has 438 valence electrons. The van der Waals surface area contributed by atoms with Crippen molar-refractivity contribution in [1.82, 2.24) is 58.5 Å². The highest BCUT2D eigenvalue weighted by Gasteiger charge is 2.54. The highest BCUT2D eigenvalue weighted by atomic mass is 31.3. The highest BCUT2D eigenvalue weighted by molar-refractivity contribution is 7.84. The molecule has 44 heteroatoms. The molecule has 0 saturated carbocycles. The average Bonchev–Trinajstić information content (AvgIpc) is 4.23. The van der Waals surface area contributed by atoms with E-state index in [1.54, 1.807) is 0 Å². The molecule has 3 aliphatic rings. The van der Waals surface area contributed by atoms with Crippen molar-refractivity contribution in [3.05, 3.63) is 46.0 Å². The van der Waals surface area contributed by atoms with Gasteiger partial charge < -0.3 is 80.1 Å². The van der Waals surface area contributed by atoms with E-state index in [9.17, 15) is 62.6 Å². The molecule has 0 aliphatic carbocycles. The fraction of sp³-hybridized carbons (Fsp3) is 0.556. The van der Waals surface area contributed by atoms with E-state index in [1.165, 1.54) is 52.4 Å². The van der Waals surface area contributed by atoms with Crippen LogP contribution >= 0.6 is 30.9 Å². The third kappa shape index (κ3) is 12.0. The Morgan fingerprint density at radius 3 is 2.00 bits per heavy atom.